The zero-order valence-electron chi connectivity index (χ0n) is 18.8. The van der Waals surface area contributed by atoms with Crippen LogP contribution in [0.25, 0.3) is 10.9 Å². The van der Waals surface area contributed by atoms with Crippen LogP contribution in [0.2, 0.25) is 5.02 Å². The molecule has 1 saturated heterocycles. The average molecular weight is 489 g/mol. The molecule has 2 heterocycles. The van der Waals surface area contributed by atoms with E-state index in [1.165, 1.54) is 23.9 Å². The lowest BCUT2D eigenvalue weighted by molar-refractivity contribution is -0.133. The summed E-state index contributed by atoms with van der Waals surface area (Å²) in [5.74, 6) is -1.62. The van der Waals surface area contributed by atoms with Gasteiger partial charge in [0.15, 0.2) is 5.82 Å². The summed E-state index contributed by atoms with van der Waals surface area (Å²) in [4.78, 5) is 27.8. The van der Waals surface area contributed by atoms with Gasteiger partial charge in [0.1, 0.15) is 6.54 Å². The normalized spacial score (nSPS) is 15.7. The van der Waals surface area contributed by atoms with Crippen LogP contribution in [0.1, 0.15) is 42.7 Å². The number of fused-ring (bicyclic) bond motifs is 1. The van der Waals surface area contributed by atoms with Gasteiger partial charge in [-0.15, -0.1) is 0 Å². The predicted molar refractivity (Wildman–Crippen MR) is 129 cm³/mol. The number of amides is 1. The molecule has 33 heavy (non-hydrogen) atoms. The van der Waals surface area contributed by atoms with E-state index in [0.717, 1.165) is 28.3 Å². The van der Waals surface area contributed by atoms with Gasteiger partial charge in [-0.1, -0.05) is 43.3 Å². The predicted octanol–water partition coefficient (Wildman–Crippen LogP) is 6.24. The van der Waals surface area contributed by atoms with E-state index in [2.05, 4.69) is 13.8 Å². The molecule has 4 rings (SSSR count). The third-order valence-corrected chi connectivity index (χ3v) is 7.88. The largest absolute Gasteiger partial charge is 0.478 e. The van der Waals surface area contributed by atoms with Gasteiger partial charge in [0.25, 0.3) is 0 Å². The Morgan fingerprint density at radius 1 is 1.18 bits per heavy atom. The topological polar surface area (TPSA) is 62.5 Å². The average Bonchev–Trinajstić information content (AvgIpc) is 3.02. The minimum atomic E-state index is -1.01. The number of likely N-dealkylation sites (tertiary alicyclic amines) is 1. The molecule has 5 nitrogen and oxygen atoms in total. The number of halogens is 2. The molecule has 0 bridgehead atoms. The third kappa shape index (κ3) is 4.75. The number of carboxylic acid groups (broad SMARTS) is 1. The van der Waals surface area contributed by atoms with Crippen LogP contribution < -0.4 is 0 Å². The van der Waals surface area contributed by atoms with Gasteiger partial charge in [-0.2, -0.15) is 0 Å². The summed E-state index contributed by atoms with van der Waals surface area (Å²) in [5.41, 5.74) is 1.44. The smallest absolute Gasteiger partial charge is 0.335 e. The zero-order chi connectivity index (χ0) is 23.9. The van der Waals surface area contributed by atoms with Gasteiger partial charge in [-0.3, -0.25) is 4.79 Å². The fraction of sp³-hybridized carbons (Fsp3) is 0.360. The molecule has 0 aliphatic carbocycles. The maximum absolute atomic E-state index is 15.2. The number of rotatable bonds is 5. The molecule has 0 radical (unpaired) electrons. The fourth-order valence-electron chi connectivity index (χ4n) is 4.21. The molecule has 0 atom stereocenters. The molecular formula is C25H26ClFN2O3S. The summed E-state index contributed by atoms with van der Waals surface area (Å²) in [7, 11) is 0. The standard InChI is InChI=1S/C25H26ClFN2O3S/c1-15-23(33-17-6-4-5-16(13-17)24(31)32)18-7-8-19(26)21(27)22(18)29(15)14-20(30)28-11-9-25(2,3)10-12-28/h4-8,13H,9-12,14H2,1-3H3,(H,31,32). The summed E-state index contributed by atoms with van der Waals surface area (Å²) < 4.78 is 16.9. The monoisotopic (exact) mass is 488 g/mol. The molecule has 0 unspecified atom stereocenters. The van der Waals surface area contributed by atoms with Crippen molar-refractivity contribution in [3.8, 4) is 0 Å². The van der Waals surface area contributed by atoms with Gasteiger partial charge in [-0.25, -0.2) is 9.18 Å². The van der Waals surface area contributed by atoms with Crippen molar-refractivity contribution >= 4 is 46.1 Å². The maximum Gasteiger partial charge on any atom is 0.335 e. The summed E-state index contributed by atoms with van der Waals surface area (Å²) in [5, 5.41) is 9.95. The van der Waals surface area contributed by atoms with Gasteiger partial charge in [0.05, 0.1) is 16.1 Å². The number of carboxylic acids is 1. The van der Waals surface area contributed by atoms with Gasteiger partial charge < -0.3 is 14.6 Å². The van der Waals surface area contributed by atoms with Crippen LogP contribution in [-0.2, 0) is 11.3 Å². The molecule has 1 N–H and O–H groups in total. The number of piperidine rings is 1. The minimum absolute atomic E-state index is 0.00199. The number of carbonyl (C=O) groups is 2. The fourth-order valence-corrected chi connectivity index (χ4v) is 5.46. The first kappa shape index (κ1) is 23.6. The van der Waals surface area contributed by atoms with E-state index >= 15 is 4.39 Å². The molecule has 1 fully saturated rings. The molecule has 1 amide bonds. The van der Waals surface area contributed by atoms with E-state index in [4.69, 9.17) is 11.6 Å². The Morgan fingerprint density at radius 3 is 2.55 bits per heavy atom. The number of benzene rings is 2. The minimum Gasteiger partial charge on any atom is -0.478 e. The van der Waals surface area contributed by atoms with Crippen molar-refractivity contribution in [1.29, 1.82) is 0 Å². The number of hydrogen-bond donors (Lipinski definition) is 1. The number of aromatic nitrogens is 1. The van der Waals surface area contributed by atoms with Gasteiger partial charge in [0.2, 0.25) is 5.91 Å². The Bertz CT molecular complexity index is 1240. The Balaban J connectivity index is 1.72. The van der Waals surface area contributed by atoms with E-state index in [9.17, 15) is 14.7 Å². The molecule has 3 aromatic rings. The molecule has 0 saturated carbocycles. The molecular weight excluding hydrogens is 463 g/mol. The molecule has 1 aromatic heterocycles. The summed E-state index contributed by atoms with van der Waals surface area (Å²) in [6, 6.07) is 9.87. The lowest BCUT2D eigenvalue weighted by Crippen LogP contribution is -2.42. The first-order valence-corrected chi connectivity index (χ1v) is 12.0. The number of nitrogens with zero attached hydrogens (tertiary/aromatic N) is 2. The van der Waals surface area contributed by atoms with Crippen molar-refractivity contribution in [2.45, 2.75) is 49.9 Å². The molecule has 1 aliphatic rings. The van der Waals surface area contributed by atoms with E-state index in [1.807, 2.05) is 17.9 Å². The molecule has 1 aliphatic heterocycles. The van der Waals surface area contributed by atoms with E-state index in [0.29, 0.717) is 24.0 Å². The van der Waals surface area contributed by atoms with E-state index in [1.54, 1.807) is 22.8 Å². The lowest BCUT2D eigenvalue weighted by Gasteiger charge is -2.37. The second kappa shape index (κ2) is 9.03. The summed E-state index contributed by atoms with van der Waals surface area (Å²) in [6.45, 7) is 7.67. The van der Waals surface area contributed by atoms with Gasteiger partial charge >= 0.3 is 5.97 Å². The van der Waals surface area contributed by atoms with Crippen LogP contribution in [0.3, 0.4) is 0 Å². The highest BCUT2D eigenvalue weighted by molar-refractivity contribution is 7.99. The highest BCUT2D eigenvalue weighted by Gasteiger charge is 2.29. The van der Waals surface area contributed by atoms with E-state index in [-0.39, 0.29) is 28.5 Å². The highest BCUT2D eigenvalue weighted by Crippen LogP contribution is 2.41. The molecule has 174 valence electrons. The first-order valence-electron chi connectivity index (χ1n) is 10.8. The SMILES string of the molecule is Cc1c(Sc2cccc(C(=O)O)c2)c2ccc(Cl)c(F)c2n1CC(=O)N1CCC(C)(C)CC1. The van der Waals surface area contributed by atoms with Crippen molar-refractivity contribution in [1.82, 2.24) is 9.47 Å². The van der Waals surface area contributed by atoms with Gasteiger partial charge in [-0.05, 0) is 55.5 Å². The number of aromatic carboxylic acids is 1. The Labute approximate surface area is 201 Å². The van der Waals surface area contributed by atoms with Crippen molar-refractivity contribution < 1.29 is 19.1 Å². The quantitative estimate of drug-likeness (QED) is 0.461. The molecule has 8 heteroatoms. The zero-order valence-corrected chi connectivity index (χ0v) is 20.4. The second-order valence-electron chi connectivity index (χ2n) is 9.24. The molecule has 0 spiro atoms. The Morgan fingerprint density at radius 2 is 1.88 bits per heavy atom. The Hall–Kier alpha value is -2.51. The summed E-state index contributed by atoms with van der Waals surface area (Å²) in [6.07, 6.45) is 1.87. The van der Waals surface area contributed by atoms with Crippen LogP contribution in [0.4, 0.5) is 4.39 Å². The number of carbonyl (C=O) groups excluding carboxylic acids is 1. The van der Waals surface area contributed by atoms with Crippen molar-refractivity contribution in [2.75, 3.05) is 13.1 Å². The summed E-state index contributed by atoms with van der Waals surface area (Å²) >= 11 is 7.45. The third-order valence-electron chi connectivity index (χ3n) is 6.38. The van der Waals surface area contributed by atoms with Crippen LogP contribution in [0, 0.1) is 18.2 Å². The lowest BCUT2D eigenvalue weighted by atomic mass is 9.83. The number of hydrogen-bond acceptors (Lipinski definition) is 3. The second-order valence-corrected chi connectivity index (χ2v) is 10.7. The molecule has 2 aromatic carbocycles. The maximum atomic E-state index is 15.2. The van der Waals surface area contributed by atoms with Gasteiger partial charge in [0, 0.05) is 34.0 Å². The Kier molecular flexibility index (Phi) is 6.47. The van der Waals surface area contributed by atoms with Crippen LogP contribution in [-0.4, -0.2) is 39.5 Å². The van der Waals surface area contributed by atoms with Crippen LogP contribution in [0.5, 0.6) is 0 Å². The van der Waals surface area contributed by atoms with E-state index < -0.39 is 11.8 Å². The van der Waals surface area contributed by atoms with Crippen LogP contribution in [0.15, 0.2) is 46.2 Å². The highest BCUT2D eigenvalue weighted by atomic mass is 35.5. The van der Waals surface area contributed by atoms with Crippen molar-refractivity contribution in [2.24, 2.45) is 5.41 Å². The first-order chi connectivity index (χ1) is 15.6. The van der Waals surface area contributed by atoms with Crippen molar-refractivity contribution in [3.63, 3.8) is 0 Å². The van der Waals surface area contributed by atoms with Crippen LogP contribution >= 0.6 is 23.4 Å². The van der Waals surface area contributed by atoms with Crippen molar-refractivity contribution in [3.05, 3.63) is 58.5 Å².